The number of carbonyl (C=O) groups excluding carboxylic acids is 3. The van der Waals surface area contributed by atoms with Crippen LogP contribution in [0.3, 0.4) is 0 Å². The van der Waals surface area contributed by atoms with Crippen LogP contribution in [0.1, 0.15) is 36.7 Å². The van der Waals surface area contributed by atoms with Crippen LogP contribution in [0.5, 0.6) is 0 Å². The van der Waals surface area contributed by atoms with E-state index in [1.165, 1.54) is 4.90 Å². The Hall–Kier alpha value is -2.37. The highest BCUT2D eigenvalue weighted by Gasteiger charge is 2.24. The molecule has 6 nitrogen and oxygen atoms in total. The van der Waals surface area contributed by atoms with Gasteiger partial charge < -0.3 is 14.7 Å². The fraction of sp³-hybridized carbons (Fsp3) is 0.500. The molecule has 2 rings (SSSR count). The van der Waals surface area contributed by atoms with E-state index in [9.17, 15) is 14.4 Å². The zero-order chi connectivity index (χ0) is 17.9. The molecule has 0 fully saturated rings. The summed E-state index contributed by atoms with van der Waals surface area (Å²) < 4.78 is 0. The van der Waals surface area contributed by atoms with Crippen LogP contribution in [0.2, 0.25) is 0 Å². The Morgan fingerprint density at radius 2 is 1.83 bits per heavy atom. The van der Waals surface area contributed by atoms with E-state index in [0.717, 1.165) is 17.7 Å². The number of nitrogens with zero attached hydrogens (tertiary/aromatic N) is 3. The molecule has 0 spiro atoms. The van der Waals surface area contributed by atoms with Crippen LogP contribution in [0.25, 0.3) is 0 Å². The van der Waals surface area contributed by atoms with E-state index in [1.54, 1.807) is 29.8 Å². The minimum atomic E-state index is -0.181. The fourth-order valence-corrected chi connectivity index (χ4v) is 3.03. The van der Waals surface area contributed by atoms with Crippen molar-refractivity contribution in [2.75, 3.05) is 38.1 Å². The Bertz CT molecular complexity index is 653. The van der Waals surface area contributed by atoms with Crippen molar-refractivity contribution in [3.63, 3.8) is 0 Å². The third-order valence-electron chi connectivity index (χ3n) is 4.44. The van der Waals surface area contributed by atoms with Gasteiger partial charge in [-0.1, -0.05) is 0 Å². The summed E-state index contributed by atoms with van der Waals surface area (Å²) in [5.74, 6) is -0.228. The van der Waals surface area contributed by atoms with Crippen molar-refractivity contribution in [3.05, 3.63) is 29.3 Å². The molecule has 6 heteroatoms. The van der Waals surface area contributed by atoms with Gasteiger partial charge in [-0.15, -0.1) is 0 Å². The zero-order valence-electron chi connectivity index (χ0n) is 14.8. The number of hydrogen-bond acceptors (Lipinski definition) is 3. The van der Waals surface area contributed by atoms with Crippen molar-refractivity contribution in [1.29, 1.82) is 0 Å². The van der Waals surface area contributed by atoms with Crippen LogP contribution in [-0.4, -0.2) is 60.7 Å². The molecular formula is C18H25N3O3. The molecule has 24 heavy (non-hydrogen) atoms. The van der Waals surface area contributed by atoms with Crippen LogP contribution in [0.4, 0.5) is 5.69 Å². The van der Waals surface area contributed by atoms with Gasteiger partial charge in [0.15, 0.2) is 0 Å². The molecule has 0 saturated heterocycles. The van der Waals surface area contributed by atoms with Gasteiger partial charge in [0.25, 0.3) is 5.91 Å². The lowest BCUT2D eigenvalue weighted by atomic mass is 10.1. The molecule has 0 aromatic heterocycles. The topological polar surface area (TPSA) is 60.9 Å². The number of hydrogen-bond donors (Lipinski definition) is 0. The Kier molecular flexibility index (Phi) is 5.59. The van der Waals surface area contributed by atoms with Gasteiger partial charge in [0.05, 0.1) is 6.54 Å². The summed E-state index contributed by atoms with van der Waals surface area (Å²) in [5.41, 5.74) is 2.43. The van der Waals surface area contributed by atoms with Crippen molar-refractivity contribution < 1.29 is 14.4 Å². The first-order valence-corrected chi connectivity index (χ1v) is 8.33. The molecule has 0 aliphatic carbocycles. The monoisotopic (exact) mass is 331 g/mol. The molecule has 1 aliphatic rings. The van der Waals surface area contributed by atoms with Gasteiger partial charge in [-0.25, -0.2) is 0 Å². The molecule has 1 heterocycles. The van der Waals surface area contributed by atoms with Gasteiger partial charge in [0.1, 0.15) is 0 Å². The summed E-state index contributed by atoms with van der Waals surface area (Å²) in [6.45, 7) is 7.37. The van der Waals surface area contributed by atoms with E-state index in [1.807, 2.05) is 26.0 Å². The fourth-order valence-electron chi connectivity index (χ4n) is 3.03. The molecule has 0 radical (unpaired) electrons. The largest absolute Gasteiger partial charge is 0.342 e. The quantitative estimate of drug-likeness (QED) is 0.822. The second kappa shape index (κ2) is 7.47. The van der Waals surface area contributed by atoms with E-state index in [0.29, 0.717) is 25.2 Å². The van der Waals surface area contributed by atoms with Gasteiger partial charge in [0, 0.05) is 44.9 Å². The number of likely N-dealkylation sites (N-methyl/N-ethyl adjacent to an activating group) is 2. The van der Waals surface area contributed by atoms with Crippen molar-refractivity contribution in [3.8, 4) is 0 Å². The number of anilines is 1. The van der Waals surface area contributed by atoms with Crippen molar-refractivity contribution in [2.45, 2.75) is 27.2 Å². The Labute approximate surface area is 143 Å². The van der Waals surface area contributed by atoms with E-state index < -0.39 is 0 Å². The predicted molar refractivity (Wildman–Crippen MR) is 93.1 cm³/mol. The maximum absolute atomic E-state index is 12.6. The zero-order valence-corrected chi connectivity index (χ0v) is 14.8. The predicted octanol–water partition coefficient (Wildman–Crippen LogP) is 1.54. The third kappa shape index (κ3) is 3.58. The van der Waals surface area contributed by atoms with E-state index >= 15 is 0 Å². The molecular weight excluding hydrogens is 306 g/mol. The summed E-state index contributed by atoms with van der Waals surface area (Å²) in [7, 11) is 1.64. The number of carbonyl (C=O) groups is 3. The van der Waals surface area contributed by atoms with Crippen LogP contribution in [-0.2, 0) is 16.0 Å². The van der Waals surface area contributed by atoms with Crippen LogP contribution in [0, 0.1) is 0 Å². The van der Waals surface area contributed by atoms with Gasteiger partial charge in [-0.2, -0.15) is 0 Å². The second-order valence-electron chi connectivity index (χ2n) is 5.99. The summed E-state index contributed by atoms with van der Waals surface area (Å²) in [6, 6.07) is 5.37. The molecule has 3 amide bonds. The van der Waals surface area contributed by atoms with Crippen molar-refractivity contribution in [2.24, 2.45) is 0 Å². The SMILES string of the molecule is CCN(CC)C(=O)CN(C)C(=O)c1ccc2c(c1)CCN2C(C)=O. The standard InChI is InChI=1S/C18H25N3O3/c1-5-20(6-2)17(23)12-19(4)18(24)15-7-8-16-14(11-15)9-10-21(16)13(3)22/h7-8,11H,5-6,9-10,12H2,1-4H3. The van der Waals surface area contributed by atoms with Crippen LogP contribution < -0.4 is 4.90 Å². The highest BCUT2D eigenvalue weighted by molar-refractivity contribution is 5.99. The first kappa shape index (κ1) is 18.0. The highest BCUT2D eigenvalue weighted by atomic mass is 16.2. The van der Waals surface area contributed by atoms with Crippen molar-refractivity contribution in [1.82, 2.24) is 9.80 Å². The molecule has 1 aromatic rings. The van der Waals surface area contributed by atoms with E-state index in [-0.39, 0.29) is 24.3 Å². The lowest BCUT2D eigenvalue weighted by Crippen LogP contribution is -2.41. The number of rotatable bonds is 5. The minimum absolute atomic E-state index is 0.00904. The lowest BCUT2D eigenvalue weighted by molar-refractivity contribution is -0.131. The lowest BCUT2D eigenvalue weighted by Gasteiger charge is -2.23. The maximum atomic E-state index is 12.6. The van der Waals surface area contributed by atoms with Gasteiger partial charge in [-0.3, -0.25) is 14.4 Å². The van der Waals surface area contributed by atoms with E-state index in [4.69, 9.17) is 0 Å². The second-order valence-corrected chi connectivity index (χ2v) is 5.99. The molecule has 0 saturated carbocycles. The highest BCUT2D eigenvalue weighted by Crippen LogP contribution is 2.29. The molecule has 0 atom stereocenters. The first-order valence-electron chi connectivity index (χ1n) is 8.33. The van der Waals surface area contributed by atoms with Crippen LogP contribution in [0.15, 0.2) is 18.2 Å². The van der Waals surface area contributed by atoms with Gasteiger partial charge in [0.2, 0.25) is 11.8 Å². The molecule has 130 valence electrons. The van der Waals surface area contributed by atoms with Crippen molar-refractivity contribution >= 4 is 23.4 Å². The third-order valence-corrected chi connectivity index (χ3v) is 4.44. The Balaban J connectivity index is 2.10. The molecule has 0 N–H and O–H groups in total. The minimum Gasteiger partial charge on any atom is -0.342 e. The number of fused-ring (bicyclic) bond motifs is 1. The van der Waals surface area contributed by atoms with Crippen LogP contribution >= 0.6 is 0 Å². The molecule has 1 aliphatic heterocycles. The molecule has 0 bridgehead atoms. The smallest absolute Gasteiger partial charge is 0.254 e. The normalized spacial score (nSPS) is 12.8. The summed E-state index contributed by atoms with van der Waals surface area (Å²) in [4.78, 5) is 41.2. The maximum Gasteiger partial charge on any atom is 0.254 e. The molecule has 1 aromatic carbocycles. The Morgan fingerprint density at radius 3 is 2.42 bits per heavy atom. The van der Waals surface area contributed by atoms with E-state index in [2.05, 4.69) is 0 Å². The average Bonchev–Trinajstić information content (AvgIpc) is 2.98. The molecule has 0 unspecified atom stereocenters. The van der Waals surface area contributed by atoms with Gasteiger partial charge >= 0.3 is 0 Å². The summed E-state index contributed by atoms with van der Waals surface area (Å²) >= 11 is 0. The summed E-state index contributed by atoms with van der Waals surface area (Å²) in [6.07, 6.45) is 0.748. The van der Waals surface area contributed by atoms with Gasteiger partial charge in [-0.05, 0) is 44.0 Å². The Morgan fingerprint density at radius 1 is 1.17 bits per heavy atom. The number of benzene rings is 1. The average molecular weight is 331 g/mol. The summed E-state index contributed by atoms with van der Waals surface area (Å²) in [5, 5.41) is 0. The number of amides is 3. The first-order chi connectivity index (χ1) is 11.4.